The highest BCUT2D eigenvalue weighted by Crippen LogP contribution is 2.36. The number of carbonyl (C=O) groups excluding carboxylic acids is 5. The summed E-state index contributed by atoms with van der Waals surface area (Å²) in [5.41, 5.74) is -0.275. The molecule has 39 heavy (non-hydrogen) atoms. The van der Waals surface area contributed by atoms with Crippen LogP contribution in [0.1, 0.15) is 53.0 Å². The molecule has 2 rings (SSSR count). The Morgan fingerprint density at radius 1 is 1.10 bits per heavy atom. The number of nitrogens with zero attached hydrogens (tertiary/aromatic N) is 1. The highest BCUT2D eigenvalue weighted by molar-refractivity contribution is 6.05. The predicted molar refractivity (Wildman–Crippen MR) is 142 cm³/mol. The number of aliphatic hydroxyl groups is 1. The number of hydrogen-bond donors (Lipinski definition) is 1. The Kier molecular flexibility index (Phi) is 12.0. The molecule has 0 saturated carbocycles. The zero-order chi connectivity index (χ0) is 29.2. The van der Waals surface area contributed by atoms with Crippen LogP contribution in [0.5, 0.6) is 0 Å². The third-order valence-electron chi connectivity index (χ3n) is 6.34. The second kappa shape index (κ2) is 14.7. The number of cyclic esters (lactones) is 1. The number of hydrogen-bond acceptors (Lipinski definition) is 9. The molecule has 214 valence electrons. The first-order valence-corrected chi connectivity index (χ1v) is 13.1. The Bertz CT molecular complexity index is 1050. The first-order valence-electron chi connectivity index (χ1n) is 13.1. The fourth-order valence-electron chi connectivity index (χ4n) is 4.84. The fourth-order valence-corrected chi connectivity index (χ4v) is 4.84. The van der Waals surface area contributed by atoms with Crippen molar-refractivity contribution >= 4 is 29.5 Å². The number of amides is 2. The molecule has 1 N–H and O–H groups in total. The molecule has 10 heteroatoms. The summed E-state index contributed by atoms with van der Waals surface area (Å²) in [6, 6.07) is 8.25. The molecule has 0 aromatic heterocycles. The van der Waals surface area contributed by atoms with Crippen molar-refractivity contribution in [1.82, 2.24) is 4.90 Å². The second-order valence-electron chi connectivity index (χ2n) is 10.3. The summed E-state index contributed by atoms with van der Waals surface area (Å²) in [6.45, 7) is 8.60. The highest BCUT2D eigenvalue weighted by atomic mass is 16.6. The Morgan fingerprint density at radius 2 is 1.77 bits per heavy atom. The molecule has 1 aromatic carbocycles. The maximum Gasteiger partial charge on any atom is 0.417 e. The number of carbonyl (C=O) groups is 5. The Morgan fingerprint density at radius 3 is 2.36 bits per heavy atom. The number of aliphatic hydroxyl groups excluding tert-OH is 1. The van der Waals surface area contributed by atoms with Gasteiger partial charge in [0.1, 0.15) is 5.60 Å². The third-order valence-corrected chi connectivity index (χ3v) is 6.34. The second-order valence-corrected chi connectivity index (χ2v) is 10.3. The van der Waals surface area contributed by atoms with Crippen molar-refractivity contribution < 1.29 is 43.3 Å². The van der Waals surface area contributed by atoms with E-state index in [9.17, 15) is 24.0 Å². The third kappa shape index (κ3) is 9.11. The fraction of sp³-hybridized carbons (Fsp3) is 0.552. The molecular formula is C29H39NO9. The monoisotopic (exact) mass is 545 g/mol. The van der Waals surface area contributed by atoms with Crippen LogP contribution in [0.25, 0.3) is 0 Å². The van der Waals surface area contributed by atoms with Crippen molar-refractivity contribution in [2.45, 2.75) is 71.6 Å². The van der Waals surface area contributed by atoms with Gasteiger partial charge in [-0.2, -0.15) is 0 Å². The van der Waals surface area contributed by atoms with E-state index in [1.54, 1.807) is 44.2 Å². The first-order chi connectivity index (χ1) is 18.4. The van der Waals surface area contributed by atoms with E-state index in [4.69, 9.17) is 19.3 Å². The number of benzene rings is 1. The standard InChI is InChI=1S/C29H39NO9/c1-19(2)26-29(4,5)39-28(36)30(26)27(35)23(18-21-10-7-6-8-11-21)25(38-20(3)32)24(34)14-13-22(33)12-9-16-37-17-15-31/h6-8,10-11,13-14,19,23,25-26,31H,9,12,15-18H2,1-5H3/t23-,25-,26-/m0/s1. The Labute approximate surface area is 229 Å². The largest absolute Gasteiger partial charge is 0.453 e. The van der Waals surface area contributed by atoms with Gasteiger partial charge in [-0.05, 0) is 50.3 Å². The van der Waals surface area contributed by atoms with E-state index in [2.05, 4.69) is 0 Å². The average molecular weight is 546 g/mol. The summed E-state index contributed by atoms with van der Waals surface area (Å²) >= 11 is 0. The molecule has 0 spiro atoms. The molecule has 1 aliphatic rings. The Hall–Kier alpha value is -3.37. The van der Waals surface area contributed by atoms with Crippen molar-refractivity contribution in [3.8, 4) is 0 Å². The van der Waals surface area contributed by atoms with Crippen LogP contribution in [-0.2, 0) is 39.8 Å². The van der Waals surface area contributed by atoms with E-state index in [1.165, 1.54) is 0 Å². The summed E-state index contributed by atoms with van der Waals surface area (Å²) in [7, 11) is 0. The number of allylic oxidation sites excluding steroid dienone is 1. The number of rotatable bonds is 15. The van der Waals surface area contributed by atoms with E-state index in [-0.39, 0.29) is 44.4 Å². The smallest absolute Gasteiger partial charge is 0.417 e. The van der Waals surface area contributed by atoms with Crippen LogP contribution >= 0.6 is 0 Å². The van der Waals surface area contributed by atoms with Gasteiger partial charge >= 0.3 is 12.1 Å². The van der Waals surface area contributed by atoms with Crippen LogP contribution in [0.3, 0.4) is 0 Å². The van der Waals surface area contributed by atoms with Crippen LogP contribution in [0.2, 0.25) is 0 Å². The summed E-state index contributed by atoms with van der Waals surface area (Å²) < 4.78 is 16.0. The van der Waals surface area contributed by atoms with E-state index in [0.717, 1.165) is 24.0 Å². The van der Waals surface area contributed by atoms with E-state index >= 15 is 0 Å². The minimum atomic E-state index is -1.57. The molecule has 0 unspecified atom stereocenters. The SMILES string of the molecule is CC(=O)O[C@H](C(=O)C=CC(=O)CCCOCCO)[C@H](Cc1ccccc1)C(=O)N1C(=O)OC(C)(C)[C@@H]1C(C)C. The number of ether oxygens (including phenoxy) is 3. The van der Waals surface area contributed by atoms with Gasteiger partial charge in [0.25, 0.3) is 0 Å². The van der Waals surface area contributed by atoms with Crippen LogP contribution < -0.4 is 0 Å². The zero-order valence-electron chi connectivity index (χ0n) is 23.3. The molecule has 2 amide bonds. The lowest BCUT2D eigenvalue weighted by molar-refractivity contribution is -0.159. The van der Waals surface area contributed by atoms with Gasteiger partial charge in [0, 0.05) is 20.0 Å². The predicted octanol–water partition coefficient (Wildman–Crippen LogP) is 3.04. The normalized spacial score (nSPS) is 18.2. The molecule has 0 aliphatic carbocycles. The van der Waals surface area contributed by atoms with Gasteiger partial charge in [-0.25, -0.2) is 9.69 Å². The zero-order valence-corrected chi connectivity index (χ0v) is 23.3. The summed E-state index contributed by atoms with van der Waals surface area (Å²) in [5, 5.41) is 8.73. The highest BCUT2D eigenvalue weighted by Gasteiger charge is 2.54. The van der Waals surface area contributed by atoms with Crippen molar-refractivity contribution in [3.05, 3.63) is 48.0 Å². The summed E-state index contributed by atoms with van der Waals surface area (Å²) in [6.07, 6.45) is 0.179. The van der Waals surface area contributed by atoms with E-state index in [0.29, 0.717) is 12.0 Å². The maximum atomic E-state index is 14.0. The molecule has 0 radical (unpaired) electrons. The number of ketones is 2. The van der Waals surface area contributed by atoms with Crippen LogP contribution in [0.4, 0.5) is 4.79 Å². The maximum absolute atomic E-state index is 14.0. The Balaban J connectivity index is 2.38. The lowest BCUT2D eigenvalue weighted by atomic mass is 9.85. The summed E-state index contributed by atoms with van der Waals surface area (Å²) in [5.74, 6) is -4.00. The van der Waals surface area contributed by atoms with Gasteiger partial charge in [-0.15, -0.1) is 0 Å². The molecule has 3 atom stereocenters. The van der Waals surface area contributed by atoms with Crippen molar-refractivity contribution in [2.24, 2.45) is 11.8 Å². The van der Waals surface area contributed by atoms with Crippen molar-refractivity contribution in [2.75, 3.05) is 19.8 Å². The van der Waals surface area contributed by atoms with Gasteiger partial charge in [0.05, 0.1) is 25.2 Å². The van der Waals surface area contributed by atoms with Crippen LogP contribution in [-0.4, -0.2) is 77.1 Å². The molecule has 1 aromatic rings. The lowest BCUT2D eigenvalue weighted by Crippen LogP contribution is -2.53. The first kappa shape index (κ1) is 31.8. The molecule has 10 nitrogen and oxygen atoms in total. The van der Waals surface area contributed by atoms with Crippen molar-refractivity contribution in [1.29, 1.82) is 0 Å². The van der Waals surface area contributed by atoms with Gasteiger partial charge in [0.2, 0.25) is 5.91 Å². The van der Waals surface area contributed by atoms with E-state index in [1.807, 2.05) is 13.8 Å². The minimum absolute atomic E-state index is 0.00235. The van der Waals surface area contributed by atoms with E-state index < -0.39 is 47.4 Å². The number of esters is 1. The number of imide groups is 1. The molecule has 1 fully saturated rings. The molecule has 1 saturated heterocycles. The van der Waals surface area contributed by atoms with Crippen molar-refractivity contribution in [3.63, 3.8) is 0 Å². The van der Waals surface area contributed by atoms with Gasteiger partial charge < -0.3 is 19.3 Å². The minimum Gasteiger partial charge on any atom is -0.453 e. The lowest BCUT2D eigenvalue weighted by Gasteiger charge is -2.34. The molecule has 1 heterocycles. The van der Waals surface area contributed by atoms with Gasteiger partial charge in [-0.1, -0.05) is 44.2 Å². The molecule has 0 bridgehead atoms. The average Bonchev–Trinajstić information content (AvgIpc) is 3.12. The molecule has 1 aliphatic heterocycles. The molecular weight excluding hydrogens is 506 g/mol. The van der Waals surface area contributed by atoms with Crippen LogP contribution in [0.15, 0.2) is 42.5 Å². The van der Waals surface area contributed by atoms with Gasteiger partial charge in [0.15, 0.2) is 17.7 Å². The topological polar surface area (TPSA) is 137 Å². The van der Waals surface area contributed by atoms with Gasteiger partial charge in [-0.3, -0.25) is 19.2 Å². The quantitative estimate of drug-likeness (QED) is 0.200. The summed E-state index contributed by atoms with van der Waals surface area (Å²) in [4.78, 5) is 65.6. The van der Waals surface area contributed by atoms with Crippen LogP contribution in [0, 0.1) is 11.8 Å².